The van der Waals surface area contributed by atoms with E-state index in [9.17, 15) is 4.79 Å². The maximum Gasteiger partial charge on any atom is 0.335 e. The van der Waals surface area contributed by atoms with Crippen LogP contribution >= 0.6 is 30.4 Å². The van der Waals surface area contributed by atoms with Crippen molar-refractivity contribution in [3.05, 3.63) is 0 Å². The first-order valence-electron chi connectivity index (χ1n) is 3.03. The quantitative estimate of drug-likeness (QED) is 0.470. The van der Waals surface area contributed by atoms with E-state index in [1.807, 2.05) is 21.2 Å². The van der Waals surface area contributed by atoms with Crippen LogP contribution < -0.4 is 0 Å². The second-order valence-corrected chi connectivity index (χ2v) is 3.60. The lowest BCUT2D eigenvalue weighted by molar-refractivity contribution is -0.147. The van der Waals surface area contributed by atoms with Gasteiger partial charge in [0, 0.05) is 27.6 Å². The molecule has 0 radical (unpaired) electrons. The molecule has 1 aliphatic heterocycles. The van der Waals surface area contributed by atoms with Gasteiger partial charge in [-0.05, 0) is 0 Å². The molecule has 1 rings (SSSR count). The minimum Gasteiger partial charge on any atom is -0.458 e. The number of aliphatic hydroxyl groups is 1. The van der Waals surface area contributed by atoms with Gasteiger partial charge in [-0.2, -0.15) is 0 Å². The lowest BCUT2D eigenvalue weighted by Gasteiger charge is -2.05. The van der Waals surface area contributed by atoms with Gasteiger partial charge in [0.05, 0.1) is 15.8 Å². The van der Waals surface area contributed by atoms with Crippen molar-refractivity contribution < 1.29 is 18.8 Å². The molecule has 6 heteroatoms. The molecule has 0 amide bonds. The van der Waals surface area contributed by atoms with Gasteiger partial charge in [0.15, 0.2) is 6.10 Å². The minimum absolute atomic E-state index is 0.278. The monoisotopic (exact) mass is 290 g/mol. The molecule has 0 aromatic heterocycles. The zero-order chi connectivity index (χ0) is 8.27. The van der Waals surface area contributed by atoms with Crippen LogP contribution in [0.15, 0.2) is 0 Å². The Morgan fingerprint density at radius 3 is 3.09 bits per heavy atom. The Kier molecular flexibility index (Phi) is 3.90. The zero-order valence-corrected chi connectivity index (χ0v) is 8.50. The third-order valence-electron chi connectivity index (χ3n) is 1.34. The molecule has 2 unspecified atom stereocenters. The first kappa shape index (κ1) is 9.56. The number of carbonyl (C=O) groups is 1. The summed E-state index contributed by atoms with van der Waals surface area (Å²) in [7, 11) is 1.19. The van der Waals surface area contributed by atoms with E-state index in [1.54, 1.807) is 0 Å². The first-order chi connectivity index (χ1) is 5.24. The number of halogens is 1. The average molecular weight is 290 g/mol. The molecule has 4 nitrogen and oxygen atoms in total. The predicted molar refractivity (Wildman–Crippen MR) is 48.1 cm³/mol. The van der Waals surface area contributed by atoms with Gasteiger partial charge in [0.1, 0.15) is 6.10 Å². The van der Waals surface area contributed by atoms with Crippen molar-refractivity contribution in [1.82, 2.24) is 0 Å². The van der Waals surface area contributed by atoms with Crippen LogP contribution in [0.4, 0.5) is 0 Å². The van der Waals surface area contributed by atoms with Gasteiger partial charge in [-0.1, -0.05) is 0 Å². The van der Waals surface area contributed by atoms with Crippen LogP contribution in [0.2, 0.25) is 0 Å². The Labute approximate surface area is 80.4 Å². The highest BCUT2D eigenvalue weighted by atomic mass is 127. The largest absolute Gasteiger partial charge is 0.458 e. The van der Waals surface area contributed by atoms with Crippen molar-refractivity contribution >= 4 is 36.4 Å². The molecule has 11 heavy (non-hydrogen) atoms. The summed E-state index contributed by atoms with van der Waals surface area (Å²) in [5.41, 5.74) is 0. The van der Waals surface area contributed by atoms with E-state index in [2.05, 4.69) is 0 Å². The summed E-state index contributed by atoms with van der Waals surface area (Å²) >= 11 is 1.98. The van der Waals surface area contributed by atoms with Gasteiger partial charge in [-0.25, -0.2) is 4.79 Å². The van der Waals surface area contributed by atoms with Gasteiger partial charge in [-0.3, -0.25) is 0 Å². The van der Waals surface area contributed by atoms with Gasteiger partial charge in [-0.15, -0.1) is 0 Å². The third kappa shape index (κ3) is 2.77. The van der Waals surface area contributed by atoms with E-state index in [0.717, 1.165) is 0 Å². The average Bonchev–Trinajstić information content (AvgIpc) is 2.28. The number of ether oxygens (including phenoxy) is 1. The van der Waals surface area contributed by atoms with Gasteiger partial charge < -0.3 is 14.0 Å². The molecular formula is C5H7IO4S. The molecule has 1 aliphatic rings. The molecule has 0 aromatic rings. The molecule has 1 fully saturated rings. The van der Waals surface area contributed by atoms with E-state index in [1.165, 1.54) is 9.21 Å². The van der Waals surface area contributed by atoms with E-state index >= 15 is 0 Å². The summed E-state index contributed by atoms with van der Waals surface area (Å²) < 4.78 is 9.67. The lowest BCUT2D eigenvalue weighted by atomic mass is 10.2. The molecule has 1 saturated heterocycles. The maximum absolute atomic E-state index is 10.6. The first-order valence-corrected chi connectivity index (χ1v) is 6.31. The normalized spacial score (nSPS) is 30.5. The van der Waals surface area contributed by atoms with E-state index in [-0.39, 0.29) is 6.10 Å². The maximum atomic E-state index is 10.6. The van der Waals surface area contributed by atoms with Crippen LogP contribution in [0.1, 0.15) is 6.42 Å². The SMILES string of the molecule is O=C1OC(COSI)CC1O. The standard InChI is InChI=1S/C5H7IO4S/c6-11-9-2-3-1-4(7)5(8)10-3/h3-4,7H,1-2H2. The molecule has 64 valence electrons. The van der Waals surface area contributed by atoms with E-state index < -0.39 is 12.1 Å². The Morgan fingerprint density at radius 1 is 1.91 bits per heavy atom. The molecule has 0 bridgehead atoms. The van der Waals surface area contributed by atoms with Crippen molar-refractivity contribution in [2.45, 2.75) is 18.6 Å². The fraction of sp³-hybridized carbons (Fsp3) is 0.800. The molecule has 0 spiro atoms. The molecule has 0 aliphatic carbocycles. The van der Waals surface area contributed by atoms with Crippen LogP contribution in [0, 0.1) is 0 Å². The van der Waals surface area contributed by atoms with Gasteiger partial charge >= 0.3 is 5.97 Å². The summed E-state index contributed by atoms with van der Waals surface area (Å²) in [5.74, 6) is -0.544. The highest BCUT2D eigenvalue weighted by Gasteiger charge is 2.32. The summed E-state index contributed by atoms with van der Waals surface area (Å²) in [4.78, 5) is 10.6. The molecule has 0 saturated carbocycles. The molecule has 1 N–H and O–H groups in total. The van der Waals surface area contributed by atoms with E-state index in [0.29, 0.717) is 13.0 Å². The Bertz CT molecular complexity index is 153. The summed E-state index contributed by atoms with van der Waals surface area (Å²) in [6.45, 7) is 0.344. The topological polar surface area (TPSA) is 55.8 Å². The van der Waals surface area contributed by atoms with Crippen molar-refractivity contribution in [3.8, 4) is 0 Å². The van der Waals surface area contributed by atoms with Crippen LogP contribution in [-0.4, -0.2) is 29.9 Å². The highest BCUT2D eigenvalue weighted by Crippen LogP contribution is 2.19. The van der Waals surface area contributed by atoms with Gasteiger partial charge in [0.25, 0.3) is 0 Å². The Balaban J connectivity index is 2.24. The Morgan fingerprint density at radius 2 is 2.64 bits per heavy atom. The fourth-order valence-electron chi connectivity index (χ4n) is 0.840. The second-order valence-electron chi connectivity index (χ2n) is 2.16. The van der Waals surface area contributed by atoms with Crippen molar-refractivity contribution in [2.75, 3.05) is 6.61 Å². The number of esters is 1. The minimum atomic E-state index is -0.956. The zero-order valence-electron chi connectivity index (χ0n) is 5.53. The molecule has 0 aromatic carbocycles. The second kappa shape index (κ2) is 4.48. The lowest BCUT2D eigenvalue weighted by Crippen LogP contribution is -2.12. The summed E-state index contributed by atoms with van der Waals surface area (Å²) in [5, 5.41) is 8.93. The predicted octanol–water partition coefficient (Wildman–Crippen LogP) is 0.678. The molecular weight excluding hydrogens is 283 g/mol. The molecule has 1 heterocycles. The number of cyclic esters (lactones) is 1. The Hall–Kier alpha value is 0.470. The van der Waals surface area contributed by atoms with Crippen LogP contribution in [0.25, 0.3) is 0 Å². The smallest absolute Gasteiger partial charge is 0.335 e. The number of hydrogen-bond donors (Lipinski definition) is 1. The van der Waals surface area contributed by atoms with Crippen LogP contribution in [-0.2, 0) is 13.7 Å². The van der Waals surface area contributed by atoms with Gasteiger partial charge in [0.2, 0.25) is 0 Å². The summed E-state index contributed by atoms with van der Waals surface area (Å²) in [6, 6.07) is 0. The number of rotatable bonds is 3. The van der Waals surface area contributed by atoms with Crippen LogP contribution in [0.5, 0.6) is 0 Å². The number of aliphatic hydroxyl groups excluding tert-OH is 1. The number of carbonyl (C=O) groups excluding carboxylic acids is 1. The van der Waals surface area contributed by atoms with E-state index in [4.69, 9.17) is 14.0 Å². The number of hydrogen-bond acceptors (Lipinski definition) is 5. The van der Waals surface area contributed by atoms with Crippen molar-refractivity contribution in [3.63, 3.8) is 0 Å². The summed E-state index contributed by atoms with van der Waals surface area (Å²) in [6.07, 6.45) is -0.890. The third-order valence-corrected chi connectivity index (χ3v) is 2.33. The fourth-order valence-corrected chi connectivity index (χ4v) is 1.48. The van der Waals surface area contributed by atoms with Crippen LogP contribution in [0.3, 0.4) is 0 Å². The van der Waals surface area contributed by atoms with Crippen molar-refractivity contribution in [2.24, 2.45) is 0 Å². The highest BCUT2D eigenvalue weighted by molar-refractivity contribution is 14.2. The molecule has 2 atom stereocenters. The van der Waals surface area contributed by atoms with Crippen molar-refractivity contribution in [1.29, 1.82) is 0 Å².